The van der Waals surface area contributed by atoms with E-state index < -0.39 is 4.92 Å². The fourth-order valence-electron chi connectivity index (χ4n) is 1.99. The Morgan fingerprint density at radius 2 is 2.05 bits per heavy atom. The quantitative estimate of drug-likeness (QED) is 0.533. The SMILES string of the molecule is CCCc1nnc2sc(C=Cc3ccc([N+](=O)[O-])cc3)nn12. The predicted octanol–water partition coefficient (Wildman–Crippen LogP) is 3.22. The molecule has 0 bridgehead atoms. The van der Waals surface area contributed by atoms with Crippen LogP contribution >= 0.6 is 11.3 Å². The zero-order chi connectivity index (χ0) is 15.5. The highest BCUT2D eigenvalue weighted by Gasteiger charge is 2.09. The number of nitrogens with zero attached hydrogens (tertiary/aromatic N) is 5. The molecule has 0 aliphatic carbocycles. The van der Waals surface area contributed by atoms with E-state index in [0.717, 1.165) is 34.2 Å². The highest BCUT2D eigenvalue weighted by atomic mass is 32.1. The molecule has 0 unspecified atom stereocenters. The smallest absolute Gasteiger partial charge is 0.258 e. The van der Waals surface area contributed by atoms with Gasteiger partial charge in [-0.25, -0.2) is 0 Å². The zero-order valence-electron chi connectivity index (χ0n) is 11.8. The molecule has 0 saturated carbocycles. The largest absolute Gasteiger partial charge is 0.269 e. The highest BCUT2D eigenvalue weighted by Crippen LogP contribution is 2.18. The number of hydrogen-bond donors (Lipinski definition) is 0. The second kappa shape index (κ2) is 6.02. The number of benzene rings is 1. The minimum atomic E-state index is -0.411. The van der Waals surface area contributed by atoms with Crippen LogP contribution in [0.1, 0.15) is 29.7 Å². The molecule has 1 aromatic carbocycles. The van der Waals surface area contributed by atoms with Crippen molar-refractivity contribution in [2.75, 3.05) is 0 Å². The van der Waals surface area contributed by atoms with Gasteiger partial charge < -0.3 is 0 Å². The molecule has 3 rings (SSSR count). The van der Waals surface area contributed by atoms with Crippen molar-refractivity contribution in [2.45, 2.75) is 19.8 Å². The lowest BCUT2D eigenvalue weighted by Gasteiger charge is -1.93. The monoisotopic (exact) mass is 315 g/mol. The van der Waals surface area contributed by atoms with Crippen LogP contribution in [0.25, 0.3) is 17.1 Å². The van der Waals surface area contributed by atoms with E-state index in [2.05, 4.69) is 22.2 Å². The standard InChI is InChI=1S/C14H13N5O2S/c1-2-3-12-15-16-14-18(12)17-13(22-14)9-6-10-4-7-11(8-5-10)19(20)21/h4-9H,2-3H2,1H3. The summed E-state index contributed by atoms with van der Waals surface area (Å²) in [6.07, 6.45) is 5.58. The van der Waals surface area contributed by atoms with Gasteiger partial charge in [0, 0.05) is 18.6 Å². The first-order valence-electron chi connectivity index (χ1n) is 6.81. The van der Waals surface area contributed by atoms with Crippen molar-refractivity contribution in [1.82, 2.24) is 19.8 Å². The first kappa shape index (κ1) is 14.3. The number of hydrogen-bond acceptors (Lipinski definition) is 6. The fraction of sp³-hybridized carbons (Fsp3) is 0.214. The predicted molar refractivity (Wildman–Crippen MR) is 84.7 cm³/mol. The number of nitro benzene ring substituents is 1. The average Bonchev–Trinajstić information content (AvgIpc) is 3.07. The van der Waals surface area contributed by atoms with Gasteiger partial charge >= 0.3 is 0 Å². The molecule has 2 heterocycles. The van der Waals surface area contributed by atoms with Crippen molar-refractivity contribution in [2.24, 2.45) is 0 Å². The Bertz CT molecular complexity index is 835. The summed E-state index contributed by atoms with van der Waals surface area (Å²) >= 11 is 1.45. The van der Waals surface area contributed by atoms with Gasteiger partial charge in [0.15, 0.2) is 5.82 Å². The number of rotatable bonds is 5. The lowest BCUT2D eigenvalue weighted by atomic mass is 10.2. The summed E-state index contributed by atoms with van der Waals surface area (Å²) in [5.74, 6) is 0.865. The van der Waals surface area contributed by atoms with Gasteiger partial charge in [0.2, 0.25) is 4.96 Å². The van der Waals surface area contributed by atoms with Crippen LogP contribution in [0.5, 0.6) is 0 Å². The maximum absolute atomic E-state index is 10.6. The molecule has 2 aromatic heterocycles. The molecule has 0 fully saturated rings. The van der Waals surface area contributed by atoms with Gasteiger partial charge in [-0.15, -0.1) is 10.2 Å². The van der Waals surface area contributed by atoms with Crippen LogP contribution in [-0.2, 0) is 6.42 Å². The van der Waals surface area contributed by atoms with Crippen molar-refractivity contribution in [3.63, 3.8) is 0 Å². The van der Waals surface area contributed by atoms with Crippen LogP contribution < -0.4 is 0 Å². The molecule has 0 amide bonds. The van der Waals surface area contributed by atoms with E-state index in [1.54, 1.807) is 16.6 Å². The number of aromatic nitrogens is 4. The fourth-order valence-corrected chi connectivity index (χ4v) is 2.75. The van der Waals surface area contributed by atoms with E-state index >= 15 is 0 Å². The third kappa shape index (κ3) is 2.86. The minimum absolute atomic E-state index is 0.0835. The topological polar surface area (TPSA) is 86.2 Å². The summed E-state index contributed by atoms with van der Waals surface area (Å²) in [6.45, 7) is 2.09. The molecule has 0 aliphatic heterocycles. The molecule has 0 spiro atoms. The van der Waals surface area contributed by atoms with E-state index in [1.165, 1.54) is 23.5 Å². The molecule has 22 heavy (non-hydrogen) atoms. The van der Waals surface area contributed by atoms with Crippen LogP contribution in [0.15, 0.2) is 24.3 Å². The number of nitro groups is 1. The van der Waals surface area contributed by atoms with Gasteiger partial charge in [-0.05, 0) is 30.2 Å². The van der Waals surface area contributed by atoms with Crippen LogP contribution in [-0.4, -0.2) is 24.7 Å². The Kier molecular flexibility index (Phi) is 3.92. The van der Waals surface area contributed by atoms with E-state index in [0.29, 0.717) is 0 Å². The van der Waals surface area contributed by atoms with Crippen molar-refractivity contribution in [1.29, 1.82) is 0 Å². The zero-order valence-corrected chi connectivity index (χ0v) is 12.7. The number of aryl methyl sites for hydroxylation is 1. The van der Waals surface area contributed by atoms with Crippen LogP contribution in [0.2, 0.25) is 0 Å². The summed E-state index contributed by atoms with van der Waals surface area (Å²) in [5.41, 5.74) is 0.963. The number of non-ortho nitro benzene ring substituents is 1. The molecular formula is C14H13N5O2S. The summed E-state index contributed by atoms with van der Waals surface area (Å²) < 4.78 is 1.77. The first-order chi connectivity index (χ1) is 10.7. The van der Waals surface area contributed by atoms with Crippen LogP contribution in [0.3, 0.4) is 0 Å². The highest BCUT2D eigenvalue weighted by molar-refractivity contribution is 7.17. The molecule has 0 saturated heterocycles. The third-order valence-corrected chi connectivity index (χ3v) is 3.93. The molecule has 7 nitrogen and oxygen atoms in total. The first-order valence-corrected chi connectivity index (χ1v) is 7.62. The second-order valence-corrected chi connectivity index (χ2v) is 5.67. The summed E-state index contributed by atoms with van der Waals surface area (Å²) in [4.78, 5) is 11.0. The van der Waals surface area contributed by atoms with Gasteiger partial charge in [0.05, 0.1) is 4.92 Å². The maximum Gasteiger partial charge on any atom is 0.269 e. The van der Waals surface area contributed by atoms with Gasteiger partial charge in [-0.2, -0.15) is 9.61 Å². The van der Waals surface area contributed by atoms with Crippen molar-refractivity contribution >= 4 is 34.1 Å². The molecule has 0 N–H and O–H groups in total. The van der Waals surface area contributed by atoms with E-state index in [9.17, 15) is 10.1 Å². The van der Waals surface area contributed by atoms with Crippen molar-refractivity contribution in [3.8, 4) is 0 Å². The molecular weight excluding hydrogens is 302 g/mol. The van der Waals surface area contributed by atoms with Crippen molar-refractivity contribution in [3.05, 3.63) is 50.8 Å². The summed E-state index contributed by atoms with van der Waals surface area (Å²) in [5, 5.41) is 24.1. The van der Waals surface area contributed by atoms with Crippen molar-refractivity contribution < 1.29 is 4.92 Å². The molecule has 3 aromatic rings. The Morgan fingerprint density at radius 1 is 1.27 bits per heavy atom. The summed E-state index contributed by atoms with van der Waals surface area (Å²) in [6, 6.07) is 6.38. The van der Waals surface area contributed by atoms with E-state index in [4.69, 9.17) is 0 Å². The minimum Gasteiger partial charge on any atom is -0.258 e. The maximum atomic E-state index is 10.6. The Morgan fingerprint density at radius 3 is 2.73 bits per heavy atom. The Balaban J connectivity index is 1.81. The molecule has 8 heteroatoms. The van der Waals surface area contributed by atoms with E-state index in [-0.39, 0.29) is 5.69 Å². The van der Waals surface area contributed by atoms with Crippen LogP contribution in [0, 0.1) is 10.1 Å². The van der Waals surface area contributed by atoms with Gasteiger partial charge in [0.25, 0.3) is 5.69 Å². The second-order valence-electron chi connectivity index (χ2n) is 4.68. The Hall–Kier alpha value is -2.61. The molecule has 112 valence electrons. The van der Waals surface area contributed by atoms with Gasteiger partial charge in [-0.3, -0.25) is 10.1 Å². The van der Waals surface area contributed by atoms with E-state index in [1.807, 2.05) is 12.2 Å². The lowest BCUT2D eigenvalue weighted by molar-refractivity contribution is -0.384. The third-order valence-electron chi connectivity index (χ3n) is 3.07. The Labute approximate surface area is 130 Å². The van der Waals surface area contributed by atoms with Gasteiger partial charge in [-0.1, -0.05) is 24.3 Å². The molecule has 0 radical (unpaired) electrons. The summed E-state index contributed by atoms with van der Waals surface area (Å²) in [7, 11) is 0. The lowest BCUT2D eigenvalue weighted by Crippen LogP contribution is -1.94. The number of fused-ring (bicyclic) bond motifs is 1. The molecule has 0 atom stereocenters. The molecule has 0 aliphatic rings. The van der Waals surface area contributed by atoms with Gasteiger partial charge in [0.1, 0.15) is 5.01 Å². The average molecular weight is 315 g/mol. The normalized spacial score (nSPS) is 11.5. The van der Waals surface area contributed by atoms with Crippen LogP contribution in [0.4, 0.5) is 5.69 Å².